The minimum atomic E-state index is -3.55. The van der Waals surface area contributed by atoms with Crippen LogP contribution >= 0.6 is 0 Å². The highest BCUT2D eigenvalue weighted by Crippen LogP contribution is 2.35. The largest absolute Gasteiger partial charge is 0.476 e. The standard InChI is InChI=1S/C19H21FN2O4S/c1-3-27(24,25)22-12-18(26-17-7-5-4-6-16(17)22)19(23)21-13(2)14-8-10-15(20)11-9-14/h4-11,13,18H,3,12H2,1-2H3,(H,21,23)/t13-,18-/m0/s1. The number of carbonyl (C=O) groups is 1. The number of nitrogens with one attached hydrogen (secondary N) is 1. The van der Waals surface area contributed by atoms with Crippen LogP contribution in [0.2, 0.25) is 0 Å². The molecular weight excluding hydrogens is 371 g/mol. The van der Waals surface area contributed by atoms with Gasteiger partial charge in [-0.25, -0.2) is 12.8 Å². The second kappa shape index (κ2) is 7.56. The number of carbonyl (C=O) groups excluding carboxylic acids is 1. The Morgan fingerprint density at radius 2 is 1.93 bits per heavy atom. The Kier molecular flexibility index (Phi) is 5.36. The number of ether oxygens (including phenoxy) is 1. The summed E-state index contributed by atoms with van der Waals surface area (Å²) in [6.07, 6.45) is -0.982. The Bertz CT molecular complexity index is 931. The van der Waals surface area contributed by atoms with Crippen LogP contribution in [0.1, 0.15) is 25.5 Å². The maximum Gasteiger partial charge on any atom is 0.263 e. The maximum absolute atomic E-state index is 13.1. The predicted molar refractivity (Wildman–Crippen MR) is 101 cm³/mol. The molecular formula is C19H21FN2O4S. The third-order valence-corrected chi connectivity index (χ3v) is 6.20. The highest BCUT2D eigenvalue weighted by Gasteiger charge is 2.36. The van der Waals surface area contributed by atoms with Crippen LogP contribution in [0.5, 0.6) is 5.75 Å². The summed E-state index contributed by atoms with van der Waals surface area (Å²) in [6, 6.07) is 12.2. The van der Waals surface area contributed by atoms with Gasteiger partial charge in [-0.05, 0) is 43.7 Å². The number of fused-ring (bicyclic) bond motifs is 1. The molecule has 0 bridgehead atoms. The number of rotatable bonds is 5. The molecule has 1 aliphatic heterocycles. The topological polar surface area (TPSA) is 75.7 Å². The Morgan fingerprint density at radius 1 is 1.26 bits per heavy atom. The van der Waals surface area contributed by atoms with Gasteiger partial charge in [-0.3, -0.25) is 9.10 Å². The van der Waals surface area contributed by atoms with Crippen LogP contribution in [0.15, 0.2) is 48.5 Å². The first-order valence-corrected chi connectivity index (χ1v) is 10.2. The van der Waals surface area contributed by atoms with Crippen molar-refractivity contribution in [2.75, 3.05) is 16.6 Å². The van der Waals surface area contributed by atoms with Crippen molar-refractivity contribution in [2.45, 2.75) is 26.0 Å². The van der Waals surface area contributed by atoms with E-state index in [1.165, 1.54) is 16.4 Å². The van der Waals surface area contributed by atoms with Crippen molar-refractivity contribution in [2.24, 2.45) is 0 Å². The van der Waals surface area contributed by atoms with E-state index >= 15 is 0 Å². The Hall–Kier alpha value is -2.61. The molecule has 0 unspecified atom stereocenters. The fraction of sp³-hybridized carbons (Fsp3) is 0.316. The third kappa shape index (κ3) is 4.05. The minimum Gasteiger partial charge on any atom is -0.476 e. The van der Waals surface area contributed by atoms with Crippen LogP contribution in [0, 0.1) is 5.82 Å². The first kappa shape index (κ1) is 19.2. The third-order valence-electron chi connectivity index (χ3n) is 4.46. The van der Waals surface area contributed by atoms with Crippen molar-refractivity contribution in [3.8, 4) is 5.75 Å². The summed E-state index contributed by atoms with van der Waals surface area (Å²) in [6.45, 7) is 3.22. The number of nitrogens with zero attached hydrogens (tertiary/aromatic N) is 1. The highest BCUT2D eigenvalue weighted by atomic mass is 32.2. The number of amides is 1. The zero-order chi connectivity index (χ0) is 19.6. The molecule has 1 N–H and O–H groups in total. The first-order chi connectivity index (χ1) is 12.8. The van der Waals surface area contributed by atoms with Gasteiger partial charge in [-0.15, -0.1) is 0 Å². The zero-order valence-corrected chi connectivity index (χ0v) is 15.9. The number of para-hydroxylation sites is 2. The van der Waals surface area contributed by atoms with E-state index in [1.807, 2.05) is 0 Å². The number of hydrogen-bond donors (Lipinski definition) is 1. The molecule has 0 saturated heterocycles. The molecule has 0 fully saturated rings. The molecule has 0 aliphatic carbocycles. The average Bonchev–Trinajstić information content (AvgIpc) is 2.67. The summed E-state index contributed by atoms with van der Waals surface area (Å²) in [4.78, 5) is 12.7. The van der Waals surface area contributed by atoms with Crippen LogP contribution in [0.25, 0.3) is 0 Å². The van der Waals surface area contributed by atoms with Crippen molar-refractivity contribution in [1.82, 2.24) is 5.32 Å². The van der Waals surface area contributed by atoms with E-state index in [4.69, 9.17) is 4.74 Å². The van der Waals surface area contributed by atoms with Gasteiger partial charge in [0.05, 0.1) is 24.0 Å². The molecule has 3 rings (SSSR count). The molecule has 27 heavy (non-hydrogen) atoms. The molecule has 0 spiro atoms. The molecule has 144 valence electrons. The van der Waals surface area contributed by atoms with Crippen LogP contribution in [0.3, 0.4) is 0 Å². The van der Waals surface area contributed by atoms with Gasteiger partial charge in [0.2, 0.25) is 10.0 Å². The average molecular weight is 392 g/mol. The van der Waals surface area contributed by atoms with E-state index in [9.17, 15) is 17.6 Å². The molecule has 0 radical (unpaired) electrons. The van der Waals surface area contributed by atoms with Gasteiger partial charge in [0.15, 0.2) is 6.10 Å². The number of anilines is 1. The molecule has 0 saturated carbocycles. The fourth-order valence-corrected chi connectivity index (χ4v) is 4.02. The summed E-state index contributed by atoms with van der Waals surface area (Å²) in [5.41, 5.74) is 1.16. The van der Waals surface area contributed by atoms with Gasteiger partial charge in [0.25, 0.3) is 5.91 Å². The second-order valence-corrected chi connectivity index (χ2v) is 8.47. The number of benzene rings is 2. The van der Waals surface area contributed by atoms with Crippen LogP contribution < -0.4 is 14.4 Å². The summed E-state index contributed by atoms with van der Waals surface area (Å²) in [7, 11) is -3.55. The summed E-state index contributed by atoms with van der Waals surface area (Å²) in [5, 5.41) is 2.80. The van der Waals surface area contributed by atoms with Gasteiger partial charge in [0, 0.05) is 0 Å². The number of sulfonamides is 1. The Morgan fingerprint density at radius 3 is 2.59 bits per heavy atom. The monoisotopic (exact) mass is 392 g/mol. The van der Waals surface area contributed by atoms with Gasteiger partial charge in [0.1, 0.15) is 11.6 Å². The first-order valence-electron chi connectivity index (χ1n) is 8.63. The van der Waals surface area contributed by atoms with Gasteiger partial charge in [-0.2, -0.15) is 0 Å². The highest BCUT2D eigenvalue weighted by molar-refractivity contribution is 7.92. The molecule has 8 heteroatoms. The summed E-state index contributed by atoms with van der Waals surface area (Å²) >= 11 is 0. The molecule has 1 heterocycles. The lowest BCUT2D eigenvalue weighted by molar-refractivity contribution is -0.128. The lowest BCUT2D eigenvalue weighted by Crippen LogP contribution is -2.51. The van der Waals surface area contributed by atoms with Gasteiger partial charge in [-0.1, -0.05) is 24.3 Å². The van der Waals surface area contributed by atoms with E-state index in [0.29, 0.717) is 11.4 Å². The van der Waals surface area contributed by atoms with Crippen molar-refractivity contribution in [3.63, 3.8) is 0 Å². The quantitative estimate of drug-likeness (QED) is 0.849. The summed E-state index contributed by atoms with van der Waals surface area (Å²) < 4.78 is 45.0. The molecule has 2 aromatic carbocycles. The molecule has 2 atom stereocenters. The van der Waals surface area contributed by atoms with Gasteiger partial charge >= 0.3 is 0 Å². The van der Waals surface area contributed by atoms with E-state index in [2.05, 4.69) is 5.32 Å². The Balaban J connectivity index is 1.80. The molecule has 2 aromatic rings. The molecule has 0 aromatic heterocycles. The van der Waals surface area contributed by atoms with E-state index < -0.39 is 22.0 Å². The lowest BCUT2D eigenvalue weighted by atomic mass is 10.1. The van der Waals surface area contributed by atoms with E-state index in [-0.39, 0.29) is 24.2 Å². The van der Waals surface area contributed by atoms with Crippen molar-refractivity contribution < 1.29 is 22.3 Å². The SMILES string of the molecule is CCS(=O)(=O)N1C[C@@H](C(=O)N[C@@H](C)c2ccc(F)cc2)Oc2ccccc21. The molecule has 6 nitrogen and oxygen atoms in total. The fourth-order valence-electron chi connectivity index (χ4n) is 2.90. The number of hydrogen-bond acceptors (Lipinski definition) is 4. The lowest BCUT2D eigenvalue weighted by Gasteiger charge is -2.35. The van der Waals surface area contributed by atoms with Crippen LogP contribution in [0.4, 0.5) is 10.1 Å². The second-order valence-electron chi connectivity index (χ2n) is 6.29. The van der Waals surface area contributed by atoms with Crippen molar-refractivity contribution >= 4 is 21.6 Å². The van der Waals surface area contributed by atoms with E-state index in [1.54, 1.807) is 50.2 Å². The predicted octanol–water partition coefficient (Wildman–Crippen LogP) is 2.62. The normalized spacial score (nSPS) is 17.6. The minimum absolute atomic E-state index is 0.0817. The molecule has 1 aliphatic rings. The van der Waals surface area contributed by atoms with E-state index in [0.717, 1.165) is 5.56 Å². The van der Waals surface area contributed by atoms with Crippen molar-refractivity contribution in [1.29, 1.82) is 0 Å². The Labute approximate surface area is 158 Å². The summed E-state index contributed by atoms with van der Waals surface area (Å²) in [5.74, 6) is -0.528. The van der Waals surface area contributed by atoms with Gasteiger partial charge < -0.3 is 10.1 Å². The smallest absolute Gasteiger partial charge is 0.263 e. The van der Waals surface area contributed by atoms with Crippen LogP contribution in [-0.2, 0) is 14.8 Å². The zero-order valence-electron chi connectivity index (χ0n) is 15.1. The number of halogens is 1. The molecule has 1 amide bonds. The van der Waals surface area contributed by atoms with Crippen molar-refractivity contribution in [3.05, 3.63) is 59.9 Å². The maximum atomic E-state index is 13.1. The van der Waals surface area contributed by atoms with Crippen LogP contribution in [-0.4, -0.2) is 32.7 Å².